The number of phenolic OH excluding ortho intramolecular Hbond substituents is 1. The summed E-state index contributed by atoms with van der Waals surface area (Å²) in [5.74, 6) is 0.472. The number of phenols is 1. The van der Waals surface area contributed by atoms with Gasteiger partial charge in [0.25, 0.3) is 0 Å². The van der Waals surface area contributed by atoms with Gasteiger partial charge in [0.15, 0.2) is 5.78 Å². The van der Waals surface area contributed by atoms with Crippen LogP contribution in [0.15, 0.2) is 18.2 Å². The van der Waals surface area contributed by atoms with Crippen molar-refractivity contribution in [1.29, 1.82) is 0 Å². The molecule has 0 bridgehead atoms. The second-order valence-corrected chi connectivity index (χ2v) is 5.67. The van der Waals surface area contributed by atoms with Crippen molar-refractivity contribution in [2.75, 3.05) is 0 Å². The maximum atomic E-state index is 12.2. The number of benzene rings is 1. The Morgan fingerprint density at radius 2 is 1.94 bits per heavy atom. The molecular weight excluding hydrogens is 212 g/mol. The Morgan fingerprint density at radius 1 is 1.35 bits per heavy atom. The SMILES string of the molecule is CCC(C)c1ccc(O)c(C(=O)C(C)(C)C)c1. The summed E-state index contributed by atoms with van der Waals surface area (Å²) in [6.07, 6.45) is 1.02. The van der Waals surface area contributed by atoms with E-state index in [4.69, 9.17) is 0 Å². The third-order valence-electron chi connectivity index (χ3n) is 3.13. The average molecular weight is 234 g/mol. The van der Waals surface area contributed by atoms with E-state index in [1.54, 1.807) is 6.07 Å². The predicted octanol–water partition coefficient (Wildman–Crippen LogP) is 4.13. The largest absolute Gasteiger partial charge is 0.507 e. The predicted molar refractivity (Wildman–Crippen MR) is 70.6 cm³/mol. The van der Waals surface area contributed by atoms with E-state index in [9.17, 15) is 9.90 Å². The van der Waals surface area contributed by atoms with Crippen LogP contribution in [0.5, 0.6) is 5.75 Å². The van der Waals surface area contributed by atoms with Crippen LogP contribution >= 0.6 is 0 Å². The van der Waals surface area contributed by atoms with Crippen LogP contribution in [0.25, 0.3) is 0 Å². The van der Waals surface area contributed by atoms with Crippen molar-refractivity contribution in [3.8, 4) is 5.75 Å². The van der Waals surface area contributed by atoms with Gasteiger partial charge in [0.2, 0.25) is 0 Å². The van der Waals surface area contributed by atoms with Gasteiger partial charge in [0.1, 0.15) is 5.75 Å². The molecule has 0 spiro atoms. The summed E-state index contributed by atoms with van der Waals surface area (Å²) < 4.78 is 0. The lowest BCUT2D eigenvalue weighted by molar-refractivity contribution is 0.0855. The second-order valence-electron chi connectivity index (χ2n) is 5.67. The first-order valence-corrected chi connectivity index (χ1v) is 6.15. The molecule has 2 nitrogen and oxygen atoms in total. The van der Waals surface area contributed by atoms with E-state index in [0.29, 0.717) is 11.5 Å². The number of carbonyl (C=O) groups excluding carboxylic acids is 1. The third kappa shape index (κ3) is 3.09. The zero-order valence-electron chi connectivity index (χ0n) is 11.4. The smallest absolute Gasteiger partial charge is 0.171 e. The molecule has 1 aromatic carbocycles. The first-order valence-electron chi connectivity index (χ1n) is 6.15. The van der Waals surface area contributed by atoms with Crippen LogP contribution < -0.4 is 0 Å². The van der Waals surface area contributed by atoms with E-state index < -0.39 is 5.41 Å². The monoisotopic (exact) mass is 234 g/mol. The number of ketones is 1. The Balaban J connectivity index is 3.20. The molecule has 94 valence electrons. The maximum absolute atomic E-state index is 12.2. The molecule has 0 amide bonds. The van der Waals surface area contributed by atoms with Crippen molar-refractivity contribution in [3.63, 3.8) is 0 Å². The van der Waals surface area contributed by atoms with E-state index in [-0.39, 0.29) is 11.5 Å². The molecule has 1 rings (SSSR count). The molecule has 0 saturated heterocycles. The average Bonchev–Trinajstić information content (AvgIpc) is 2.26. The molecule has 0 saturated carbocycles. The van der Waals surface area contributed by atoms with Crippen LogP contribution in [-0.4, -0.2) is 10.9 Å². The van der Waals surface area contributed by atoms with E-state index in [2.05, 4.69) is 13.8 Å². The molecule has 1 unspecified atom stereocenters. The normalized spacial score (nSPS) is 13.5. The molecule has 0 fully saturated rings. The molecule has 0 heterocycles. The molecule has 17 heavy (non-hydrogen) atoms. The number of hydrogen-bond donors (Lipinski definition) is 1. The number of aromatic hydroxyl groups is 1. The lowest BCUT2D eigenvalue weighted by atomic mass is 9.84. The fourth-order valence-electron chi connectivity index (χ4n) is 1.68. The summed E-state index contributed by atoms with van der Waals surface area (Å²) in [5.41, 5.74) is 1.08. The summed E-state index contributed by atoms with van der Waals surface area (Å²) >= 11 is 0. The van der Waals surface area contributed by atoms with Crippen molar-refractivity contribution in [2.24, 2.45) is 5.41 Å². The minimum Gasteiger partial charge on any atom is -0.507 e. The zero-order chi connectivity index (χ0) is 13.2. The standard InChI is InChI=1S/C15H22O2/c1-6-10(2)11-7-8-13(16)12(9-11)14(17)15(3,4)5/h7-10,16H,6H2,1-5H3. The highest BCUT2D eigenvalue weighted by molar-refractivity contribution is 6.02. The van der Waals surface area contributed by atoms with Crippen LogP contribution in [0.4, 0.5) is 0 Å². The Bertz CT molecular complexity index is 413. The summed E-state index contributed by atoms with van der Waals surface area (Å²) in [4.78, 5) is 12.2. The van der Waals surface area contributed by atoms with Gasteiger partial charge in [0.05, 0.1) is 5.56 Å². The maximum Gasteiger partial charge on any atom is 0.171 e. The van der Waals surface area contributed by atoms with E-state index >= 15 is 0 Å². The van der Waals surface area contributed by atoms with Crippen molar-refractivity contribution in [3.05, 3.63) is 29.3 Å². The Kier molecular flexibility index (Phi) is 3.97. The fourth-order valence-corrected chi connectivity index (χ4v) is 1.68. The third-order valence-corrected chi connectivity index (χ3v) is 3.13. The highest BCUT2D eigenvalue weighted by Crippen LogP contribution is 2.30. The molecule has 0 radical (unpaired) electrons. The summed E-state index contributed by atoms with van der Waals surface area (Å²) in [6, 6.07) is 5.35. The number of rotatable bonds is 3. The number of carbonyl (C=O) groups is 1. The minimum absolute atomic E-state index is 0.0137. The molecule has 2 heteroatoms. The van der Waals surface area contributed by atoms with Gasteiger partial charge in [-0.3, -0.25) is 4.79 Å². The number of Topliss-reactive ketones (excluding diaryl/α,β-unsaturated/α-hetero) is 1. The molecule has 1 N–H and O–H groups in total. The highest BCUT2D eigenvalue weighted by Gasteiger charge is 2.25. The van der Waals surface area contributed by atoms with Gasteiger partial charge in [0, 0.05) is 5.41 Å². The van der Waals surface area contributed by atoms with Crippen LogP contribution in [0.3, 0.4) is 0 Å². The molecule has 0 aliphatic carbocycles. The van der Waals surface area contributed by atoms with Gasteiger partial charge in [-0.25, -0.2) is 0 Å². The highest BCUT2D eigenvalue weighted by atomic mass is 16.3. The number of hydrogen-bond acceptors (Lipinski definition) is 2. The summed E-state index contributed by atoms with van der Waals surface area (Å²) in [6.45, 7) is 9.83. The Hall–Kier alpha value is -1.31. The first kappa shape index (κ1) is 13.8. The molecule has 0 aliphatic heterocycles. The second kappa shape index (κ2) is 4.91. The fraction of sp³-hybridized carbons (Fsp3) is 0.533. The van der Waals surface area contributed by atoms with Crippen molar-refractivity contribution < 1.29 is 9.90 Å². The topological polar surface area (TPSA) is 37.3 Å². The van der Waals surface area contributed by atoms with Crippen molar-refractivity contribution in [2.45, 2.75) is 47.0 Å². The summed E-state index contributed by atoms with van der Waals surface area (Å²) in [5, 5.41) is 9.80. The van der Waals surface area contributed by atoms with Gasteiger partial charge in [-0.15, -0.1) is 0 Å². The Labute approximate surface area is 104 Å². The Morgan fingerprint density at radius 3 is 2.41 bits per heavy atom. The van der Waals surface area contributed by atoms with Gasteiger partial charge in [-0.05, 0) is 30.0 Å². The van der Waals surface area contributed by atoms with Crippen molar-refractivity contribution >= 4 is 5.78 Å². The van der Waals surface area contributed by atoms with E-state index in [1.165, 1.54) is 0 Å². The molecule has 1 atom stereocenters. The van der Waals surface area contributed by atoms with Crippen LogP contribution in [-0.2, 0) is 0 Å². The zero-order valence-corrected chi connectivity index (χ0v) is 11.4. The molecule has 0 aromatic heterocycles. The van der Waals surface area contributed by atoms with Crippen LogP contribution in [0.1, 0.15) is 62.9 Å². The minimum atomic E-state index is -0.467. The molecule has 0 aliphatic rings. The summed E-state index contributed by atoms with van der Waals surface area (Å²) in [7, 11) is 0. The van der Waals surface area contributed by atoms with Gasteiger partial charge in [-0.1, -0.05) is 40.7 Å². The van der Waals surface area contributed by atoms with Gasteiger partial charge >= 0.3 is 0 Å². The van der Waals surface area contributed by atoms with E-state index in [1.807, 2.05) is 32.9 Å². The molecular formula is C15H22O2. The lowest BCUT2D eigenvalue weighted by Gasteiger charge is -2.19. The van der Waals surface area contributed by atoms with Gasteiger partial charge < -0.3 is 5.11 Å². The van der Waals surface area contributed by atoms with Crippen molar-refractivity contribution in [1.82, 2.24) is 0 Å². The van der Waals surface area contributed by atoms with Gasteiger partial charge in [-0.2, -0.15) is 0 Å². The quantitative estimate of drug-likeness (QED) is 0.798. The van der Waals surface area contributed by atoms with Crippen LogP contribution in [0, 0.1) is 5.41 Å². The first-order chi connectivity index (χ1) is 7.77. The van der Waals surface area contributed by atoms with Crippen LogP contribution in [0.2, 0.25) is 0 Å². The molecule has 1 aromatic rings. The lowest BCUT2D eigenvalue weighted by Crippen LogP contribution is -2.20. The van der Waals surface area contributed by atoms with E-state index in [0.717, 1.165) is 12.0 Å².